The van der Waals surface area contributed by atoms with Crippen LogP contribution in [-0.4, -0.2) is 6.54 Å². The van der Waals surface area contributed by atoms with E-state index in [9.17, 15) is 0 Å². The van der Waals surface area contributed by atoms with Crippen LogP contribution in [0.2, 0.25) is 0 Å². The molecule has 0 bridgehead atoms. The summed E-state index contributed by atoms with van der Waals surface area (Å²) in [6.45, 7) is 9.50. The molecule has 2 rings (SSSR count). The van der Waals surface area contributed by atoms with E-state index in [1.54, 1.807) is 10.4 Å². The maximum Gasteiger partial charge on any atom is 0.0452 e. The molecule has 1 aliphatic carbocycles. The summed E-state index contributed by atoms with van der Waals surface area (Å²) >= 11 is 2.02. The molecule has 17 heavy (non-hydrogen) atoms. The van der Waals surface area contributed by atoms with Crippen LogP contribution in [0.1, 0.15) is 54.5 Å². The zero-order chi connectivity index (χ0) is 12.3. The fourth-order valence-electron chi connectivity index (χ4n) is 2.46. The van der Waals surface area contributed by atoms with Crippen LogP contribution in [0.4, 0.5) is 0 Å². The maximum atomic E-state index is 4.06. The standard InChI is InChI=1S/C15H23NS/c1-4-8-16-13(9-11(2)3)15-10-12-6-5-7-14(12)17-15/h10,13,16H,2,4-9H2,1,3H3. The number of aryl methyl sites for hydroxylation is 2. The van der Waals surface area contributed by atoms with Crippen LogP contribution in [0.5, 0.6) is 0 Å². The van der Waals surface area contributed by atoms with Gasteiger partial charge in [-0.15, -0.1) is 17.9 Å². The van der Waals surface area contributed by atoms with E-state index < -0.39 is 0 Å². The molecule has 1 aromatic rings. The van der Waals surface area contributed by atoms with Gasteiger partial charge in [-0.05, 0) is 57.2 Å². The number of hydrogen-bond donors (Lipinski definition) is 1. The second-order valence-electron chi connectivity index (χ2n) is 5.12. The van der Waals surface area contributed by atoms with Crippen molar-refractivity contribution < 1.29 is 0 Å². The zero-order valence-corrected chi connectivity index (χ0v) is 11.8. The van der Waals surface area contributed by atoms with Crippen molar-refractivity contribution >= 4 is 11.3 Å². The molecule has 0 amide bonds. The van der Waals surface area contributed by atoms with Crippen LogP contribution >= 0.6 is 11.3 Å². The fourth-order valence-corrected chi connectivity index (χ4v) is 3.80. The van der Waals surface area contributed by atoms with Gasteiger partial charge in [0.25, 0.3) is 0 Å². The summed E-state index contributed by atoms with van der Waals surface area (Å²) < 4.78 is 0. The normalized spacial score (nSPS) is 15.9. The minimum atomic E-state index is 0.489. The Bertz CT molecular complexity index is 370. The molecule has 1 N–H and O–H groups in total. The lowest BCUT2D eigenvalue weighted by molar-refractivity contribution is 0.535. The Morgan fingerprint density at radius 2 is 2.35 bits per heavy atom. The van der Waals surface area contributed by atoms with Crippen LogP contribution < -0.4 is 5.32 Å². The van der Waals surface area contributed by atoms with Crippen LogP contribution in [0.15, 0.2) is 18.2 Å². The molecular weight excluding hydrogens is 226 g/mol. The molecule has 2 heteroatoms. The second kappa shape index (κ2) is 5.83. The van der Waals surface area contributed by atoms with Crippen molar-refractivity contribution in [3.05, 3.63) is 33.5 Å². The van der Waals surface area contributed by atoms with Gasteiger partial charge in [0.15, 0.2) is 0 Å². The number of hydrogen-bond acceptors (Lipinski definition) is 2. The Hall–Kier alpha value is -0.600. The minimum Gasteiger partial charge on any atom is -0.309 e. The van der Waals surface area contributed by atoms with E-state index in [0.717, 1.165) is 13.0 Å². The average molecular weight is 249 g/mol. The van der Waals surface area contributed by atoms with Gasteiger partial charge in [0.1, 0.15) is 0 Å². The van der Waals surface area contributed by atoms with Crippen molar-refractivity contribution in [2.75, 3.05) is 6.54 Å². The van der Waals surface area contributed by atoms with Gasteiger partial charge in [-0.2, -0.15) is 0 Å². The van der Waals surface area contributed by atoms with Crippen molar-refractivity contribution in [1.82, 2.24) is 5.32 Å². The molecule has 0 aromatic carbocycles. The number of rotatable bonds is 6. The Morgan fingerprint density at radius 1 is 1.53 bits per heavy atom. The Labute approximate surface area is 109 Å². The van der Waals surface area contributed by atoms with Crippen LogP contribution in [0.25, 0.3) is 0 Å². The van der Waals surface area contributed by atoms with E-state index in [-0.39, 0.29) is 0 Å². The first-order chi connectivity index (χ1) is 8.20. The van der Waals surface area contributed by atoms with Gasteiger partial charge in [-0.25, -0.2) is 0 Å². The minimum absolute atomic E-state index is 0.489. The number of nitrogens with one attached hydrogen (secondary N) is 1. The summed E-state index contributed by atoms with van der Waals surface area (Å²) in [6.07, 6.45) is 6.21. The van der Waals surface area contributed by atoms with Gasteiger partial charge < -0.3 is 5.32 Å². The molecule has 0 radical (unpaired) electrons. The average Bonchev–Trinajstić information content (AvgIpc) is 2.83. The van der Waals surface area contributed by atoms with E-state index in [0.29, 0.717) is 6.04 Å². The fraction of sp³-hybridized carbons (Fsp3) is 0.600. The molecular formula is C15H23NS. The molecule has 1 aliphatic rings. The number of thiophene rings is 1. The highest BCUT2D eigenvalue weighted by Gasteiger charge is 2.19. The molecule has 0 saturated heterocycles. The highest BCUT2D eigenvalue weighted by Crippen LogP contribution is 2.35. The molecule has 94 valence electrons. The monoisotopic (exact) mass is 249 g/mol. The Morgan fingerprint density at radius 3 is 3.00 bits per heavy atom. The van der Waals surface area contributed by atoms with Gasteiger partial charge in [0, 0.05) is 15.8 Å². The van der Waals surface area contributed by atoms with E-state index in [1.807, 2.05) is 11.3 Å². The maximum absolute atomic E-state index is 4.06. The van der Waals surface area contributed by atoms with Crippen molar-refractivity contribution in [3.63, 3.8) is 0 Å². The number of fused-ring (bicyclic) bond motifs is 1. The molecule has 1 unspecified atom stereocenters. The zero-order valence-electron chi connectivity index (χ0n) is 11.0. The van der Waals surface area contributed by atoms with Crippen LogP contribution in [-0.2, 0) is 12.8 Å². The van der Waals surface area contributed by atoms with E-state index >= 15 is 0 Å². The quantitative estimate of drug-likeness (QED) is 0.743. The van der Waals surface area contributed by atoms with Gasteiger partial charge in [0.05, 0.1) is 0 Å². The van der Waals surface area contributed by atoms with Crippen molar-refractivity contribution in [3.8, 4) is 0 Å². The van der Waals surface area contributed by atoms with Crippen molar-refractivity contribution in [1.29, 1.82) is 0 Å². The Kier molecular flexibility index (Phi) is 4.41. The van der Waals surface area contributed by atoms with E-state index in [1.165, 1.54) is 36.1 Å². The van der Waals surface area contributed by atoms with Crippen molar-refractivity contribution in [2.45, 2.75) is 52.0 Å². The lowest BCUT2D eigenvalue weighted by Crippen LogP contribution is -2.21. The highest BCUT2D eigenvalue weighted by atomic mass is 32.1. The molecule has 1 aromatic heterocycles. The van der Waals surface area contributed by atoms with E-state index in [4.69, 9.17) is 0 Å². The molecule has 0 saturated carbocycles. The van der Waals surface area contributed by atoms with Gasteiger partial charge in [0.2, 0.25) is 0 Å². The molecule has 1 nitrogen and oxygen atoms in total. The highest BCUT2D eigenvalue weighted by molar-refractivity contribution is 7.12. The second-order valence-corrected chi connectivity index (χ2v) is 6.29. The van der Waals surface area contributed by atoms with Crippen LogP contribution in [0.3, 0.4) is 0 Å². The van der Waals surface area contributed by atoms with E-state index in [2.05, 4.69) is 31.8 Å². The van der Waals surface area contributed by atoms with Crippen molar-refractivity contribution in [2.24, 2.45) is 0 Å². The Balaban J connectivity index is 2.10. The summed E-state index contributed by atoms with van der Waals surface area (Å²) in [6, 6.07) is 2.92. The first kappa shape index (κ1) is 12.8. The largest absolute Gasteiger partial charge is 0.309 e. The SMILES string of the molecule is C=C(C)CC(NCCC)c1cc2c(s1)CCC2. The summed E-state index contributed by atoms with van der Waals surface area (Å²) in [5, 5.41) is 3.66. The predicted molar refractivity (Wildman–Crippen MR) is 76.8 cm³/mol. The topological polar surface area (TPSA) is 12.0 Å². The third-order valence-electron chi connectivity index (χ3n) is 3.30. The molecule has 0 fully saturated rings. The lowest BCUT2D eigenvalue weighted by atomic mass is 10.1. The third kappa shape index (κ3) is 3.20. The summed E-state index contributed by atoms with van der Waals surface area (Å²) in [5.41, 5.74) is 2.88. The summed E-state index contributed by atoms with van der Waals surface area (Å²) in [5.74, 6) is 0. The van der Waals surface area contributed by atoms with Gasteiger partial charge in [-0.3, -0.25) is 0 Å². The summed E-state index contributed by atoms with van der Waals surface area (Å²) in [4.78, 5) is 3.15. The predicted octanol–water partition coefficient (Wildman–Crippen LogP) is 4.24. The summed E-state index contributed by atoms with van der Waals surface area (Å²) in [7, 11) is 0. The molecule has 0 aliphatic heterocycles. The molecule has 1 atom stereocenters. The smallest absolute Gasteiger partial charge is 0.0452 e. The molecule has 0 spiro atoms. The first-order valence-electron chi connectivity index (χ1n) is 6.70. The third-order valence-corrected chi connectivity index (χ3v) is 4.65. The lowest BCUT2D eigenvalue weighted by Gasteiger charge is -2.17. The first-order valence-corrected chi connectivity index (χ1v) is 7.51. The molecule has 1 heterocycles. The van der Waals surface area contributed by atoms with Crippen LogP contribution in [0, 0.1) is 0 Å². The van der Waals surface area contributed by atoms with Gasteiger partial charge in [-0.1, -0.05) is 12.5 Å². The van der Waals surface area contributed by atoms with Gasteiger partial charge >= 0.3 is 0 Å².